The Morgan fingerprint density at radius 3 is 2.53 bits per heavy atom. The lowest BCUT2D eigenvalue weighted by Crippen LogP contribution is -2.03. The van der Waals surface area contributed by atoms with E-state index in [2.05, 4.69) is 0 Å². The van der Waals surface area contributed by atoms with Gasteiger partial charge in [0, 0.05) is 5.39 Å². The maximum atomic E-state index is 11.7. The summed E-state index contributed by atoms with van der Waals surface area (Å²) < 4.78 is 6.03. The quantitative estimate of drug-likeness (QED) is 0.631. The molecule has 0 aromatic carbocycles. The van der Waals surface area contributed by atoms with E-state index in [-0.39, 0.29) is 5.97 Å². The third-order valence-corrected chi connectivity index (χ3v) is 5.21. The van der Waals surface area contributed by atoms with Crippen LogP contribution < -0.4 is 0 Å². The normalized spacial score (nSPS) is 10.8. The number of carbonyl (C=O) groups excluding carboxylic acids is 2. The van der Waals surface area contributed by atoms with Crippen LogP contribution in [0.2, 0.25) is 0 Å². The molecule has 0 aliphatic heterocycles. The van der Waals surface area contributed by atoms with Crippen LogP contribution in [-0.2, 0) is 4.74 Å². The van der Waals surface area contributed by atoms with E-state index in [1.807, 2.05) is 13.8 Å². The van der Waals surface area contributed by atoms with E-state index < -0.39 is 0 Å². The zero-order valence-electron chi connectivity index (χ0n) is 9.83. The van der Waals surface area contributed by atoms with Gasteiger partial charge in [0.25, 0.3) is 0 Å². The summed E-state index contributed by atoms with van der Waals surface area (Å²) in [7, 11) is 0. The zero-order valence-corrected chi connectivity index (χ0v) is 11.5. The molecular weight excluding hydrogens is 256 g/mol. The summed E-state index contributed by atoms with van der Waals surface area (Å²) in [5.74, 6) is -0.273. The lowest BCUT2D eigenvalue weighted by molar-refractivity contribution is 0.0531. The van der Waals surface area contributed by atoms with Gasteiger partial charge in [-0.1, -0.05) is 0 Å². The van der Waals surface area contributed by atoms with Crippen molar-refractivity contribution < 1.29 is 14.3 Å². The SMILES string of the molecule is CCOC(=O)c1sc2sc(C=O)c(C)c2c1C. The summed E-state index contributed by atoms with van der Waals surface area (Å²) >= 11 is 2.84. The van der Waals surface area contributed by atoms with Gasteiger partial charge in [0.1, 0.15) is 4.88 Å². The lowest BCUT2D eigenvalue weighted by Gasteiger charge is -2.00. The number of hydrogen-bond acceptors (Lipinski definition) is 5. The minimum Gasteiger partial charge on any atom is -0.462 e. The lowest BCUT2D eigenvalue weighted by atomic mass is 10.1. The molecule has 0 radical (unpaired) electrons. The number of ether oxygens (including phenoxy) is 1. The molecular formula is C12H12O3S2. The van der Waals surface area contributed by atoms with Crippen molar-refractivity contribution in [1.82, 2.24) is 0 Å². The summed E-state index contributed by atoms with van der Waals surface area (Å²) in [5, 5.41) is 1.03. The molecule has 0 saturated heterocycles. The molecule has 5 heteroatoms. The molecule has 0 unspecified atom stereocenters. The molecule has 0 saturated carbocycles. The van der Waals surface area contributed by atoms with Crippen LogP contribution in [0.3, 0.4) is 0 Å². The Hall–Kier alpha value is -1.20. The van der Waals surface area contributed by atoms with Crippen molar-refractivity contribution in [2.75, 3.05) is 6.61 Å². The molecule has 17 heavy (non-hydrogen) atoms. The van der Waals surface area contributed by atoms with E-state index >= 15 is 0 Å². The van der Waals surface area contributed by atoms with Crippen LogP contribution in [0.25, 0.3) is 9.40 Å². The third kappa shape index (κ3) is 1.89. The predicted molar refractivity (Wildman–Crippen MR) is 70.5 cm³/mol. The monoisotopic (exact) mass is 268 g/mol. The molecule has 2 rings (SSSR count). The van der Waals surface area contributed by atoms with E-state index in [0.29, 0.717) is 11.5 Å². The Labute approximate surface area is 107 Å². The Bertz CT molecular complexity index is 592. The van der Waals surface area contributed by atoms with E-state index in [4.69, 9.17) is 4.74 Å². The van der Waals surface area contributed by atoms with Crippen molar-refractivity contribution >= 4 is 44.3 Å². The van der Waals surface area contributed by atoms with Gasteiger partial charge in [0.05, 0.1) is 15.5 Å². The highest BCUT2D eigenvalue weighted by molar-refractivity contribution is 7.39. The van der Waals surface area contributed by atoms with Gasteiger partial charge in [-0.2, -0.15) is 0 Å². The summed E-state index contributed by atoms with van der Waals surface area (Å²) in [6, 6.07) is 0. The minimum absolute atomic E-state index is 0.273. The number of aryl methyl sites for hydroxylation is 2. The minimum atomic E-state index is -0.273. The molecule has 2 aromatic rings. The number of thiophene rings is 2. The second-order valence-electron chi connectivity index (χ2n) is 3.65. The van der Waals surface area contributed by atoms with Crippen LogP contribution >= 0.6 is 22.7 Å². The molecule has 2 aromatic heterocycles. The molecule has 0 aliphatic rings. The van der Waals surface area contributed by atoms with Gasteiger partial charge in [0.2, 0.25) is 0 Å². The van der Waals surface area contributed by atoms with Gasteiger partial charge in [-0.05, 0) is 31.9 Å². The van der Waals surface area contributed by atoms with Gasteiger partial charge >= 0.3 is 5.97 Å². The predicted octanol–water partition coefficient (Wildman–Crippen LogP) is 3.57. The molecule has 3 nitrogen and oxygen atoms in total. The van der Waals surface area contributed by atoms with Crippen molar-refractivity contribution in [2.24, 2.45) is 0 Å². The molecule has 0 bridgehead atoms. The molecule has 0 atom stereocenters. The molecule has 0 spiro atoms. The Balaban J connectivity index is 2.59. The molecule has 0 aliphatic carbocycles. The average Bonchev–Trinajstić information content (AvgIpc) is 2.78. The van der Waals surface area contributed by atoms with E-state index in [1.165, 1.54) is 22.7 Å². The smallest absolute Gasteiger partial charge is 0.348 e. The number of esters is 1. The first kappa shape index (κ1) is 12.3. The highest BCUT2D eigenvalue weighted by Crippen LogP contribution is 2.40. The van der Waals surface area contributed by atoms with Crippen LogP contribution in [-0.4, -0.2) is 18.9 Å². The Morgan fingerprint density at radius 1 is 1.29 bits per heavy atom. The molecule has 0 amide bonds. The number of fused-ring (bicyclic) bond motifs is 1. The number of carbonyl (C=O) groups is 2. The number of aldehydes is 1. The van der Waals surface area contributed by atoms with Crippen LogP contribution in [0.4, 0.5) is 0 Å². The van der Waals surface area contributed by atoms with Crippen LogP contribution in [0.5, 0.6) is 0 Å². The second-order valence-corrected chi connectivity index (χ2v) is 5.98. The fourth-order valence-electron chi connectivity index (χ4n) is 1.80. The first-order valence-electron chi connectivity index (χ1n) is 5.24. The van der Waals surface area contributed by atoms with Gasteiger partial charge in [0.15, 0.2) is 6.29 Å². The summed E-state index contributed by atoms with van der Waals surface area (Å²) in [6.45, 7) is 5.98. The fraction of sp³-hybridized carbons (Fsp3) is 0.333. The first-order valence-corrected chi connectivity index (χ1v) is 6.88. The fourth-order valence-corrected chi connectivity index (χ4v) is 4.38. The molecule has 0 fully saturated rings. The maximum Gasteiger partial charge on any atom is 0.348 e. The number of hydrogen-bond donors (Lipinski definition) is 0. The molecule has 0 N–H and O–H groups in total. The van der Waals surface area contributed by atoms with Crippen molar-refractivity contribution in [3.8, 4) is 0 Å². The van der Waals surface area contributed by atoms with E-state index in [1.54, 1.807) is 6.92 Å². The van der Waals surface area contributed by atoms with Gasteiger partial charge in [-0.25, -0.2) is 4.79 Å². The van der Waals surface area contributed by atoms with Crippen LogP contribution in [0, 0.1) is 13.8 Å². The topological polar surface area (TPSA) is 43.4 Å². The molecule has 90 valence electrons. The summed E-state index contributed by atoms with van der Waals surface area (Å²) in [5.41, 5.74) is 1.88. The Kier molecular flexibility index (Phi) is 3.31. The van der Waals surface area contributed by atoms with E-state index in [0.717, 1.165) is 31.7 Å². The first-order chi connectivity index (χ1) is 8.10. The summed E-state index contributed by atoms with van der Waals surface area (Å²) in [4.78, 5) is 24.0. The maximum absolute atomic E-state index is 11.7. The number of rotatable bonds is 3. The van der Waals surface area contributed by atoms with Crippen molar-refractivity contribution in [2.45, 2.75) is 20.8 Å². The highest BCUT2D eigenvalue weighted by Gasteiger charge is 2.20. The zero-order chi connectivity index (χ0) is 12.6. The standard InChI is InChI=1S/C12H12O3S2/c1-4-15-11(14)10-7(3)9-6(2)8(5-13)16-12(9)17-10/h5H,4H2,1-3H3. The van der Waals surface area contributed by atoms with Crippen molar-refractivity contribution in [3.63, 3.8) is 0 Å². The summed E-state index contributed by atoms with van der Waals surface area (Å²) in [6.07, 6.45) is 0.871. The highest BCUT2D eigenvalue weighted by atomic mass is 32.2. The van der Waals surface area contributed by atoms with Crippen LogP contribution in [0.15, 0.2) is 0 Å². The van der Waals surface area contributed by atoms with Gasteiger partial charge < -0.3 is 4.74 Å². The van der Waals surface area contributed by atoms with Crippen LogP contribution in [0.1, 0.15) is 37.4 Å². The largest absolute Gasteiger partial charge is 0.462 e. The second kappa shape index (κ2) is 4.58. The third-order valence-electron chi connectivity index (χ3n) is 2.63. The molecule has 2 heterocycles. The van der Waals surface area contributed by atoms with E-state index in [9.17, 15) is 9.59 Å². The Morgan fingerprint density at radius 2 is 2.00 bits per heavy atom. The van der Waals surface area contributed by atoms with Crippen molar-refractivity contribution in [3.05, 3.63) is 20.9 Å². The van der Waals surface area contributed by atoms with Gasteiger partial charge in [-0.15, -0.1) is 22.7 Å². The van der Waals surface area contributed by atoms with Gasteiger partial charge in [-0.3, -0.25) is 4.79 Å². The average molecular weight is 268 g/mol. The van der Waals surface area contributed by atoms with Crippen molar-refractivity contribution in [1.29, 1.82) is 0 Å².